The van der Waals surface area contributed by atoms with Crippen LogP contribution in [-0.4, -0.2) is 36.2 Å². The second-order valence-electron chi connectivity index (χ2n) is 8.21. The lowest BCUT2D eigenvalue weighted by atomic mass is 9.98. The fraction of sp³-hybridized carbons (Fsp3) is 0.222. The molecule has 174 valence electrons. The van der Waals surface area contributed by atoms with E-state index in [2.05, 4.69) is 34.9 Å². The summed E-state index contributed by atoms with van der Waals surface area (Å²) >= 11 is 0. The normalized spacial score (nSPS) is 11.9. The van der Waals surface area contributed by atoms with Gasteiger partial charge in [-0.2, -0.15) is 0 Å². The van der Waals surface area contributed by atoms with Gasteiger partial charge in [-0.1, -0.05) is 60.7 Å². The maximum absolute atomic E-state index is 12.2. The van der Waals surface area contributed by atoms with Gasteiger partial charge in [0, 0.05) is 18.9 Å². The maximum atomic E-state index is 12.2. The second-order valence-corrected chi connectivity index (χ2v) is 8.21. The van der Waals surface area contributed by atoms with E-state index in [0.717, 1.165) is 22.3 Å². The Balaban J connectivity index is 1.23. The molecule has 0 fully saturated rings. The van der Waals surface area contributed by atoms with Gasteiger partial charge in [-0.3, -0.25) is 4.79 Å². The van der Waals surface area contributed by atoms with E-state index in [1.54, 1.807) is 25.1 Å². The average molecular weight is 459 g/mol. The van der Waals surface area contributed by atoms with E-state index in [1.807, 2.05) is 24.3 Å². The highest BCUT2D eigenvalue weighted by molar-refractivity contribution is 6.01. The third-order valence-corrected chi connectivity index (χ3v) is 5.95. The molecule has 34 heavy (non-hydrogen) atoms. The van der Waals surface area contributed by atoms with Crippen molar-refractivity contribution >= 4 is 23.7 Å². The van der Waals surface area contributed by atoms with E-state index in [4.69, 9.17) is 4.74 Å². The monoisotopic (exact) mass is 458 g/mol. The molecule has 0 saturated heterocycles. The van der Waals surface area contributed by atoms with Crippen LogP contribution in [0.2, 0.25) is 0 Å². The number of aromatic carboxylic acids is 1. The van der Waals surface area contributed by atoms with Crippen molar-refractivity contribution in [1.29, 1.82) is 0 Å². The largest absolute Gasteiger partial charge is 0.478 e. The van der Waals surface area contributed by atoms with Gasteiger partial charge in [0.2, 0.25) is 5.91 Å². The molecule has 0 aliphatic heterocycles. The van der Waals surface area contributed by atoms with E-state index < -0.39 is 12.1 Å². The molecule has 7 heteroatoms. The highest BCUT2D eigenvalue weighted by Crippen LogP contribution is 2.44. The molecule has 0 heterocycles. The quantitative estimate of drug-likeness (QED) is 0.414. The van der Waals surface area contributed by atoms with E-state index in [0.29, 0.717) is 12.0 Å². The van der Waals surface area contributed by atoms with Crippen LogP contribution >= 0.6 is 0 Å². The van der Waals surface area contributed by atoms with Crippen molar-refractivity contribution in [3.8, 4) is 11.1 Å². The van der Waals surface area contributed by atoms with Crippen molar-refractivity contribution in [2.45, 2.75) is 25.7 Å². The molecular formula is C27H26N2O5. The number of fused-ring (bicyclic) bond motifs is 3. The van der Waals surface area contributed by atoms with Crippen LogP contribution in [0.4, 0.5) is 10.5 Å². The van der Waals surface area contributed by atoms with Crippen molar-refractivity contribution in [2.75, 3.05) is 18.5 Å². The Bertz CT molecular complexity index is 1190. The first-order valence-electron chi connectivity index (χ1n) is 11.2. The summed E-state index contributed by atoms with van der Waals surface area (Å²) < 4.78 is 5.48. The molecule has 7 nitrogen and oxygen atoms in total. The van der Waals surface area contributed by atoms with Gasteiger partial charge in [-0.25, -0.2) is 9.59 Å². The van der Waals surface area contributed by atoms with Crippen molar-refractivity contribution in [3.05, 3.63) is 89.0 Å². The van der Waals surface area contributed by atoms with Crippen LogP contribution in [0.25, 0.3) is 11.1 Å². The number of carboxylic acids is 1. The van der Waals surface area contributed by atoms with Gasteiger partial charge < -0.3 is 20.5 Å². The Morgan fingerprint density at radius 1 is 0.912 bits per heavy atom. The van der Waals surface area contributed by atoms with E-state index >= 15 is 0 Å². The van der Waals surface area contributed by atoms with Crippen LogP contribution in [0, 0.1) is 6.92 Å². The number of anilines is 1. The molecule has 0 radical (unpaired) electrons. The lowest BCUT2D eigenvalue weighted by Crippen LogP contribution is -2.27. The third-order valence-electron chi connectivity index (χ3n) is 5.95. The first-order valence-corrected chi connectivity index (χ1v) is 11.2. The first-order chi connectivity index (χ1) is 16.5. The number of amides is 2. The molecule has 1 aliphatic rings. The summed E-state index contributed by atoms with van der Waals surface area (Å²) in [5, 5.41) is 14.7. The molecule has 2 amide bonds. The second kappa shape index (κ2) is 10.2. The van der Waals surface area contributed by atoms with Crippen molar-refractivity contribution in [2.24, 2.45) is 0 Å². The highest BCUT2D eigenvalue weighted by Gasteiger charge is 2.28. The average Bonchev–Trinajstić information content (AvgIpc) is 3.14. The fourth-order valence-electron chi connectivity index (χ4n) is 4.36. The molecule has 0 spiro atoms. The Morgan fingerprint density at radius 3 is 2.21 bits per heavy atom. The Kier molecular flexibility index (Phi) is 6.92. The molecule has 1 aliphatic carbocycles. The molecule has 3 aromatic rings. The maximum Gasteiger partial charge on any atom is 0.407 e. The van der Waals surface area contributed by atoms with E-state index in [-0.39, 0.29) is 42.6 Å². The van der Waals surface area contributed by atoms with Gasteiger partial charge in [0.15, 0.2) is 0 Å². The summed E-state index contributed by atoms with van der Waals surface area (Å²) in [6.07, 6.45) is -0.00455. The van der Waals surface area contributed by atoms with Crippen LogP contribution in [0.15, 0.2) is 66.7 Å². The lowest BCUT2D eigenvalue weighted by molar-refractivity contribution is -0.116. The number of carbonyl (C=O) groups excluding carboxylic acids is 2. The number of ether oxygens (including phenoxy) is 1. The van der Waals surface area contributed by atoms with Gasteiger partial charge in [-0.15, -0.1) is 0 Å². The number of rotatable bonds is 8. The zero-order chi connectivity index (χ0) is 24.1. The Labute approximate surface area is 197 Å². The Morgan fingerprint density at radius 2 is 1.56 bits per heavy atom. The van der Waals surface area contributed by atoms with Crippen LogP contribution in [0.5, 0.6) is 0 Å². The predicted molar refractivity (Wildman–Crippen MR) is 129 cm³/mol. The van der Waals surface area contributed by atoms with Gasteiger partial charge in [0.25, 0.3) is 0 Å². The number of benzene rings is 3. The fourth-order valence-corrected chi connectivity index (χ4v) is 4.36. The summed E-state index contributed by atoms with van der Waals surface area (Å²) in [7, 11) is 0. The molecular weight excluding hydrogens is 432 g/mol. The van der Waals surface area contributed by atoms with Crippen LogP contribution in [0.3, 0.4) is 0 Å². The molecule has 0 saturated carbocycles. The lowest BCUT2D eigenvalue weighted by Gasteiger charge is -2.14. The Hall–Kier alpha value is -4.13. The number of nitrogens with one attached hydrogen (secondary N) is 2. The minimum atomic E-state index is -1.09. The minimum absolute atomic E-state index is 0.0123. The summed E-state index contributed by atoms with van der Waals surface area (Å²) in [5.74, 6) is -1.42. The van der Waals surface area contributed by atoms with Gasteiger partial charge >= 0.3 is 12.1 Å². The van der Waals surface area contributed by atoms with Gasteiger partial charge in [0.1, 0.15) is 6.61 Å². The molecule has 0 bridgehead atoms. The molecule has 0 atom stereocenters. The highest BCUT2D eigenvalue weighted by atomic mass is 16.5. The number of alkyl carbamates (subject to hydrolysis) is 1. The molecule has 3 aromatic carbocycles. The molecule has 0 unspecified atom stereocenters. The molecule has 3 N–H and O–H groups in total. The topological polar surface area (TPSA) is 105 Å². The zero-order valence-corrected chi connectivity index (χ0v) is 18.8. The number of aryl methyl sites for hydroxylation is 1. The smallest absolute Gasteiger partial charge is 0.407 e. The zero-order valence-electron chi connectivity index (χ0n) is 18.8. The first kappa shape index (κ1) is 23.0. The van der Waals surface area contributed by atoms with Crippen molar-refractivity contribution in [1.82, 2.24) is 5.32 Å². The minimum Gasteiger partial charge on any atom is -0.478 e. The van der Waals surface area contributed by atoms with Crippen LogP contribution in [0.1, 0.15) is 45.8 Å². The predicted octanol–water partition coefficient (Wildman–Crippen LogP) is 4.95. The van der Waals surface area contributed by atoms with Gasteiger partial charge in [-0.05, 0) is 47.2 Å². The summed E-state index contributed by atoms with van der Waals surface area (Å²) in [6.45, 7) is 2.17. The molecule has 0 aromatic heterocycles. The summed E-state index contributed by atoms with van der Waals surface area (Å²) in [5.41, 5.74) is 5.53. The number of carbonyl (C=O) groups is 3. The van der Waals surface area contributed by atoms with Crippen LogP contribution in [-0.2, 0) is 9.53 Å². The molecule has 4 rings (SSSR count). The summed E-state index contributed by atoms with van der Waals surface area (Å²) in [4.78, 5) is 35.9. The summed E-state index contributed by atoms with van der Waals surface area (Å²) in [6, 6.07) is 21.2. The van der Waals surface area contributed by atoms with Crippen molar-refractivity contribution in [3.63, 3.8) is 0 Å². The van der Waals surface area contributed by atoms with Crippen LogP contribution < -0.4 is 10.6 Å². The van der Waals surface area contributed by atoms with E-state index in [1.165, 1.54) is 0 Å². The van der Waals surface area contributed by atoms with Crippen molar-refractivity contribution < 1.29 is 24.2 Å². The third kappa shape index (κ3) is 4.93. The number of hydrogen-bond acceptors (Lipinski definition) is 4. The SMILES string of the molecule is Cc1cccc(NC(=O)CCCNC(=O)OCC2c3ccccc3-c3ccccc32)c1C(=O)O. The number of hydrogen-bond donors (Lipinski definition) is 3. The van der Waals surface area contributed by atoms with Gasteiger partial charge in [0.05, 0.1) is 11.3 Å². The van der Waals surface area contributed by atoms with E-state index in [9.17, 15) is 19.5 Å². The standard InChI is InChI=1S/C27H26N2O5/c1-17-8-6-13-23(25(17)26(31)32)29-24(30)14-7-15-28-27(33)34-16-22-20-11-4-2-9-18(20)19-10-3-5-12-21(19)22/h2-6,8-13,22H,7,14-16H2,1H3,(H,28,33)(H,29,30)(H,31,32). The number of carboxylic acid groups (broad SMARTS) is 1.